The molecule has 6 aromatic carbocycles. The third kappa shape index (κ3) is 3.63. The summed E-state index contributed by atoms with van der Waals surface area (Å²) in [5.74, 6) is 1.57. The molecule has 0 radical (unpaired) electrons. The Morgan fingerprint density at radius 2 is 1.22 bits per heavy atom. The molecule has 0 N–H and O–H groups in total. The number of benzene rings is 6. The number of anilines is 3. The molecule has 2 heteroatoms. The van der Waals surface area contributed by atoms with Crippen LogP contribution in [-0.2, 0) is 5.41 Å². The lowest BCUT2D eigenvalue weighted by Gasteiger charge is -2.37. The Morgan fingerprint density at radius 3 is 2.07 bits per heavy atom. The van der Waals surface area contributed by atoms with E-state index in [2.05, 4.69) is 138 Å². The molecule has 1 spiro atoms. The van der Waals surface area contributed by atoms with Crippen molar-refractivity contribution in [1.82, 2.24) is 0 Å². The molecule has 7 aromatic rings. The van der Waals surface area contributed by atoms with Crippen LogP contribution >= 0.6 is 0 Å². The van der Waals surface area contributed by atoms with Crippen molar-refractivity contribution in [2.45, 2.75) is 31.1 Å². The lowest BCUT2D eigenvalue weighted by molar-refractivity contribution is 0.327. The van der Waals surface area contributed by atoms with Gasteiger partial charge in [0, 0.05) is 33.2 Å². The van der Waals surface area contributed by atoms with Crippen LogP contribution in [0, 0.1) is 11.8 Å². The molecule has 216 valence electrons. The van der Waals surface area contributed by atoms with Gasteiger partial charge in [-0.05, 0) is 113 Å². The smallest absolute Gasteiger partial charge is 0.135 e. The van der Waals surface area contributed by atoms with Crippen LogP contribution in [0.5, 0.6) is 0 Å². The van der Waals surface area contributed by atoms with E-state index in [4.69, 9.17) is 4.42 Å². The van der Waals surface area contributed by atoms with Gasteiger partial charge in [0.1, 0.15) is 11.2 Å². The fraction of sp³-hybridized carbons (Fsp3) is 0.163. The number of hydrogen-bond donors (Lipinski definition) is 0. The van der Waals surface area contributed by atoms with Crippen molar-refractivity contribution in [3.05, 3.63) is 151 Å². The van der Waals surface area contributed by atoms with Crippen molar-refractivity contribution in [2.75, 3.05) is 4.90 Å². The number of nitrogens with zero attached hydrogens (tertiary/aromatic N) is 1. The first-order valence-electron chi connectivity index (χ1n) is 16.4. The molecule has 2 nitrogen and oxygen atoms in total. The third-order valence-electron chi connectivity index (χ3n) is 11.1. The summed E-state index contributed by atoms with van der Waals surface area (Å²) in [6.07, 6.45) is 5.39. The van der Waals surface area contributed by atoms with Crippen LogP contribution in [0.2, 0.25) is 0 Å². The van der Waals surface area contributed by atoms with Gasteiger partial charge in [-0.2, -0.15) is 0 Å². The molecule has 0 saturated heterocycles. The van der Waals surface area contributed by atoms with Crippen molar-refractivity contribution in [3.8, 4) is 22.3 Å². The molecule has 2 saturated carbocycles. The summed E-state index contributed by atoms with van der Waals surface area (Å²) in [6, 6.07) is 51.2. The summed E-state index contributed by atoms with van der Waals surface area (Å²) >= 11 is 0. The lowest BCUT2D eigenvalue weighted by atomic mass is 9.67. The Morgan fingerprint density at radius 1 is 0.533 bits per heavy atom. The lowest BCUT2D eigenvalue weighted by Crippen LogP contribution is -2.32. The van der Waals surface area contributed by atoms with Gasteiger partial charge in [-0.1, -0.05) is 97.4 Å². The summed E-state index contributed by atoms with van der Waals surface area (Å²) < 4.78 is 6.23. The standard InChI is InChI=1S/C43H33NO/c1-2-8-29(9-3-1)30-15-18-32(19-16-30)44(33-21-23-42-38(25-33)37-11-5-7-13-41(37)45-42)34-20-22-36-35-10-4-6-12-39(35)43(40(36)26-34)27-28-14-17-31(43)24-28/h1-13,15-16,18-23,25-26,28,31H,14,17,24,27H2. The van der Waals surface area contributed by atoms with Crippen LogP contribution in [0.25, 0.3) is 44.2 Å². The van der Waals surface area contributed by atoms with Crippen molar-refractivity contribution in [2.24, 2.45) is 11.8 Å². The van der Waals surface area contributed by atoms with Crippen molar-refractivity contribution < 1.29 is 4.42 Å². The van der Waals surface area contributed by atoms with Crippen molar-refractivity contribution in [1.29, 1.82) is 0 Å². The van der Waals surface area contributed by atoms with E-state index in [1.54, 1.807) is 5.56 Å². The van der Waals surface area contributed by atoms with E-state index >= 15 is 0 Å². The predicted octanol–water partition coefficient (Wildman–Crippen LogP) is 11.8. The monoisotopic (exact) mass is 579 g/mol. The summed E-state index contributed by atoms with van der Waals surface area (Å²) in [4.78, 5) is 2.44. The van der Waals surface area contributed by atoms with Crippen molar-refractivity contribution in [3.63, 3.8) is 0 Å². The van der Waals surface area contributed by atoms with Gasteiger partial charge in [-0.3, -0.25) is 0 Å². The van der Waals surface area contributed by atoms with E-state index in [1.165, 1.54) is 59.2 Å². The van der Waals surface area contributed by atoms with Gasteiger partial charge in [0.05, 0.1) is 0 Å². The second-order valence-electron chi connectivity index (χ2n) is 13.4. The molecule has 0 amide bonds. The van der Waals surface area contributed by atoms with Crippen LogP contribution in [0.3, 0.4) is 0 Å². The zero-order valence-electron chi connectivity index (χ0n) is 25.1. The number of fused-ring (bicyclic) bond motifs is 11. The molecule has 2 fully saturated rings. The predicted molar refractivity (Wildman–Crippen MR) is 186 cm³/mol. The first kappa shape index (κ1) is 25.3. The Kier molecular flexibility index (Phi) is 5.31. The largest absolute Gasteiger partial charge is 0.456 e. The minimum atomic E-state index is 0.137. The third-order valence-corrected chi connectivity index (χ3v) is 11.1. The van der Waals surface area contributed by atoms with E-state index in [-0.39, 0.29) is 5.41 Å². The SMILES string of the molecule is c1ccc(-c2ccc(N(c3ccc4c(c3)C3(CC5CCC3C5)c3ccccc3-4)c3ccc4oc5ccccc5c4c3)cc2)cc1. The number of rotatable bonds is 4. The normalized spacial score (nSPS) is 21.1. The highest BCUT2D eigenvalue weighted by atomic mass is 16.3. The fourth-order valence-corrected chi connectivity index (χ4v) is 9.25. The van der Waals surface area contributed by atoms with E-state index in [1.807, 2.05) is 6.07 Å². The van der Waals surface area contributed by atoms with Gasteiger partial charge >= 0.3 is 0 Å². The fourth-order valence-electron chi connectivity index (χ4n) is 9.25. The van der Waals surface area contributed by atoms with Gasteiger partial charge in [0.25, 0.3) is 0 Å². The molecular weight excluding hydrogens is 546 g/mol. The molecule has 1 heterocycles. The van der Waals surface area contributed by atoms with Gasteiger partial charge in [0.2, 0.25) is 0 Å². The minimum absolute atomic E-state index is 0.137. The number of furan rings is 1. The maximum absolute atomic E-state index is 6.23. The zero-order valence-corrected chi connectivity index (χ0v) is 25.1. The minimum Gasteiger partial charge on any atom is -0.456 e. The molecule has 2 bridgehead atoms. The van der Waals surface area contributed by atoms with E-state index in [0.29, 0.717) is 0 Å². The summed E-state index contributed by atoms with van der Waals surface area (Å²) in [7, 11) is 0. The van der Waals surface area contributed by atoms with Crippen LogP contribution in [-0.4, -0.2) is 0 Å². The first-order chi connectivity index (χ1) is 22.3. The van der Waals surface area contributed by atoms with Crippen LogP contribution in [0.1, 0.15) is 36.8 Å². The number of hydrogen-bond acceptors (Lipinski definition) is 2. The highest BCUT2D eigenvalue weighted by molar-refractivity contribution is 6.06. The highest BCUT2D eigenvalue weighted by Crippen LogP contribution is 2.66. The van der Waals surface area contributed by atoms with Crippen molar-refractivity contribution >= 4 is 39.0 Å². The van der Waals surface area contributed by atoms with E-state index in [9.17, 15) is 0 Å². The van der Waals surface area contributed by atoms with Gasteiger partial charge in [-0.15, -0.1) is 0 Å². The molecule has 45 heavy (non-hydrogen) atoms. The molecule has 3 atom stereocenters. The first-order valence-corrected chi connectivity index (χ1v) is 16.4. The Hall–Kier alpha value is -5.08. The quantitative estimate of drug-likeness (QED) is 0.206. The van der Waals surface area contributed by atoms with Crippen LogP contribution in [0.4, 0.5) is 17.1 Å². The Bertz CT molecular complexity index is 2240. The topological polar surface area (TPSA) is 16.4 Å². The van der Waals surface area contributed by atoms with Gasteiger partial charge < -0.3 is 9.32 Å². The van der Waals surface area contributed by atoms with Crippen LogP contribution in [0.15, 0.2) is 144 Å². The van der Waals surface area contributed by atoms with E-state index < -0.39 is 0 Å². The highest BCUT2D eigenvalue weighted by Gasteiger charge is 2.56. The Balaban J connectivity index is 1.17. The molecule has 1 aromatic heterocycles. The molecule has 3 aliphatic rings. The average Bonchev–Trinajstić information content (AvgIpc) is 3.87. The summed E-state index contributed by atoms with van der Waals surface area (Å²) in [5, 5.41) is 2.30. The van der Waals surface area contributed by atoms with Gasteiger partial charge in [0.15, 0.2) is 0 Å². The maximum Gasteiger partial charge on any atom is 0.135 e. The second kappa shape index (κ2) is 9.46. The second-order valence-corrected chi connectivity index (χ2v) is 13.4. The van der Waals surface area contributed by atoms with Crippen LogP contribution < -0.4 is 4.90 Å². The molecule has 3 unspecified atom stereocenters. The summed E-state index contributed by atoms with van der Waals surface area (Å²) in [6.45, 7) is 0. The zero-order chi connectivity index (χ0) is 29.5. The average molecular weight is 580 g/mol. The summed E-state index contributed by atoms with van der Waals surface area (Å²) in [5.41, 5.74) is 13.9. The maximum atomic E-state index is 6.23. The molecule has 0 aliphatic heterocycles. The van der Waals surface area contributed by atoms with E-state index in [0.717, 1.165) is 45.1 Å². The number of para-hydroxylation sites is 1. The molecule has 3 aliphatic carbocycles. The molecular formula is C43H33NO. The van der Waals surface area contributed by atoms with Gasteiger partial charge in [-0.25, -0.2) is 0 Å². The Labute approximate surface area is 263 Å². The molecule has 10 rings (SSSR count).